The second kappa shape index (κ2) is 14.8. The molecule has 0 spiro atoms. The maximum Gasteiger partial charge on any atom is 0.144 e. The molecule has 0 unspecified atom stereocenters. The van der Waals surface area contributed by atoms with Gasteiger partial charge in [0.25, 0.3) is 0 Å². The normalized spacial score (nSPS) is 10.0. The molecule has 2 aromatic rings. The third-order valence-electron chi connectivity index (χ3n) is 4.63. The standard InChI is InChI=1S/C11H15N3.C10H16.C3H8.C2H6/c1-6-8(3)14(5)11-10(6)7(2)12-9(4)13-11;1-6-7-9(4)10(5)8(2)3;1-3-2;1-2/h1-5H3;6-7H,1H2,2-5H3;3H2,1-2H3;1-2H3/b;9-7-;;. The number of allylic oxidation sites excluding steroid dienone is 5. The molecule has 0 radical (unpaired) electrons. The van der Waals surface area contributed by atoms with Crippen LogP contribution in [0.4, 0.5) is 0 Å². The molecular formula is C26H45N3. The number of fused-ring (bicyclic) bond motifs is 1. The molecule has 29 heavy (non-hydrogen) atoms. The van der Waals surface area contributed by atoms with Crippen molar-refractivity contribution in [2.24, 2.45) is 7.05 Å². The van der Waals surface area contributed by atoms with Crippen LogP contribution in [0.2, 0.25) is 0 Å². The summed E-state index contributed by atoms with van der Waals surface area (Å²) in [6, 6.07) is 0. The summed E-state index contributed by atoms with van der Waals surface area (Å²) >= 11 is 0. The zero-order chi connectivity index (χ0) is 23.3. The van der Waals surface area contributed by atoms with Crippen LogP contribution in [0, 0.1) is 27.7 Å². The van der Waals surface area contributed by atoms with Crippen molar-refractivity contribution < 1.29 is 0 Å². The number of hydrogen-bond donors (Lipinski definition) is 0. The number of aryl methyl sites for hydroxylation is 4. The highest BCUT2D eigenvalue weighted by Gasteiger charge is 2.12. The fourth-order valence-electron chi connectivity index (χ4n) is 2.66. The Morgan fingerprint density at radius 1 is 0.966 bits per heavy atom. The molecule has 0 saturated carbocycles. The third-order valence-corrected chi connectivity index (χ3v) is 4.63. The van der Waals surface area contributed by atoms with Crippen LogP contribution in [-0.2, 0) is 7.05 Å². The second-order valence-corrected chi connectivity index (χ2v) is 7.24. The largest absolute Gasteiger partial charge is 0.333 e. The summed E-state index contributed by atoms with van der Waals surface area (Å²) in [5.41, 5.74) is 8.72. The summed E-state index contributed by atoms with van der Waals surface area (Å²) in [5, 5.41) is 1.20. The maximum atomic E-state index is 4.47. The molecule has 0 saturated heterocycles. The van der Waals surface area contributed by atoms with Gasteiger partial charge in [-0.1, -0.05) is 58.4 Å². The van der Waals surface area contributed by atoms with E-state index in [9.17, 15) is 0 Å². The van der Waals surface area contributed by atoms with Crippen molar-refractivity contribution in [2.75, 3.05) is 0 Å². The lowest BCUT2D eigenvalue weighted by molar-refractivity contribution is 0.885. The van der Waals surface area contributed by atoms with Gasteiger partial charge in [0.15, 0.2) is 0 Å². The number of nitrogens with zero attached hydrogens (tertiary/aromatic N) is 3. The van der Waals surface area contributed by atoms with E-state index >= 15 is 0 Å². The second-order valence-electron chi connectivity index (χ2n) is 7.24. The van der Waals surface area contributed by atoms with E-state index in [0.717, 1.165) is 17.2 Å². The van der Waals surface area contributed by atoms with Gasteiger partial charge in [0.05, 0.1) is 5.69 Å². The lowest BCUT2D eigenvalue weighted by Gasteiger charge is -2.01. The summed E-state index contributed by atoms with van der Waals surface area (Å²) in [7, 11) is 2.05. The van der Waals surface area contributed by atoms with Crippen LogP contribution >= 0.6 is 0 Å². The smallest absolute Gasteiger partial charge is 0.144 e. The SMILES string of the molecule is C=C/C=C(/C)C(C)=C(C)C.CC.CCC.Cc1nc(C)c2c(C)c(C)n(C)c2n1. The molecule has 2 heterocycles. The first kappa shape index (κ1) is 29.0. The number of aromatic nitrogens is 3. The molecule has 2 rings (SSSR count). The molecule has 0 aliphatic rings. The van der Waals surface area contributed by atoms with Crippen molar-refractivity contribution in [3.05, 3.63) is 58.2 Å². The minimum absolute atomic E-state index is 0.843. The van der Waals surface area contributed by atoms with E-state index in [1.807, 2.05) is 39.8 Å². The average Bonchev–Trinajstić information content (AvgIpc) is 2.88. The van der Waals surface area contributed by atoms with Crippen molar-refractivity contribution in [1.29, 1.82) is 0 Å². The van der Waals surface area contributed by atoms with E-state index in [4.69, 9.17) is 0 Å². The van der Waals surface area contributed by atoms with Gasteiger partial charge in [-0.25, -0.2) is 9.97 Å². The van der Waals surface area contributed by atoms with Crippen LogP contribution in [0.1, 0.15) is 84.6 Å². The highest BCUT2D eigenvalue weighted by Crippen LogP contribution is 2.24. The van der Waals surface area contributed by atoms with Crippen LogP contribution in [0.15, 0.2) is 35.5 Å². The van der Waals surface area contributed by atoms with Gasteiger partial charge in [-0.2, -0.15) is 0 Å². The zero-order valence-electron chi connectivity index (χ0n) is 21.4. The van der Waals surface area contributed by atoms with Crippen molar-refractivity contribution >= 4 is 11.0 Å². The molecule has 0 aliphatic heterocycles. The van der Waals surface area contributed by atoms with Gasteiger partial charge in [0.2, 0.25) is 0 Å². The van der Waals surface area contributed by atoms with Crippen LogP contribution in [0.5, 0.6) is 0 Å². The molecule has 3 heteroatoms. The Morgan fingerprint density at radius 2 is 1.45 bits per heavy atom. The molecule has 2 aromatic heterocycles. The molecule has 3 nitrogen and oxygen atoms in total. The van der Waals surface area contributed by atoms with Gasteiger partial charge in [-0.05, 0) is 72.1 Å². The van der Waals surface area contributed by atoms with E-state index in [1.165, 1.54) is 39.8 Å². The molecule has 0 N–H and O–H groups in total. The molecule has 0 aliphatic carbocycles. The quantitative estimate of drug-likeness (QED) is 0.477. The first-order valence-corrected chi connectivity index (χ1v) is 10.7. The Kier molecular flexibility index (Phi) is 14.8. The van der Waals surface area contributed by atoms with E-state index in [0.29, 0.717) is 0 Å². The summed E-state index contributed by atoms with van der Waals surface area (Å²) in [5.74, 6) is 0.843. The maximum absolute atomic E-state index is 4.47. The predicted molar refractivity (Wildman–Crippen MR) is 133 cm³/mol. The topological polar surface area (TPSA) is 30.7 Å². The predicted octanol–water partition coefficient (Wildman–Crippen LogP) is 8.12. The Morgan fingerprint density at radius 3 is 1.86 bits per heavy atom. The van der Waals surface area contributed by atoms with Crippen LogP contribution in [0.25, 0.3) is 11.0 Å². The summed E-state index contributed by atoms with van der Waals surface area (Å²) < 4.78 is 2.13. The Labute approximate surface area is 180 Å². The fraction of sp³-hybridized carbons (Fsp3) is 0.538. The average molecular weight is 400 g/mol. The zero-order valence-corrected chi connectivity index (χ0v) is 21.4. The van der Waals surface area contributed by atoms with Gasteiger partial charge in [-0.15, -0.1) is 0 Å². The highest BCUT2D eigenvalue weighted by atomic mass is 15.0. The van der Waals surface area contributed by atoms with Crippen molar-refractivity contribution in [3.63, 3.8) is 0 Å². The number of rotatable bonds is 2. The third kappa shape index (κ3) is 8.81. The van der Waals surface area contributed by atoms with Crippen LogP contribution in [0.3, 0.4) is 0 Å². The molecule has 0 aromatic carbocycles. The molecule has 0 amide bonds. The lowest BCUT2D eigenvalue weighted by atomic mass is 10.1. The molecular weight excluding hydrogens is 354 g/mol. The summed E-state index contributed by atoms with van der Waals surface area (Å²) in [4.78, 5) is 8.86. The van der Waals surface area contributed by atoms with Crippen LogP contribution in [-0.4, -0.2) is 14.5 Å². The highest BCUT2D eigenvalue weighted by molar-refractivity contribution is 5.84. The Bertz CT molecular complexity index is 829. The van der Waals surface area contributed by atoms with Crippen molar-refractivity contribution in [1.82, 2.24) is 14.5 Å². The summed E-state index contributed by atoms with van der Waals surface area (Å²) in [6.07, 6.45) is 5.10. The van der Waals surface area contributed by atoms with E-state index in [2.05, 4.69) is 83.6 Å². The number of hydrogen-bond acceptors (Lipinski definition) is 2. The van der Waals surface area contributed by atoms with Crippen LogP contribution < -0.4 is 0 Å². The molecule has 0 bridgehead atoms. The minimum Gasteiger partial charge on any atom is -0.333 e. The molecule has 164 valence electrons. The van der Waals surface area contributed by atoms with Gasteiger partial charge >= 0.3 is 0 Å². The van der Waals surface area contributed by atoms with Gasteiger partial charge in [0.1, 0.15) is 11.5 Å². The van der Waals surface area contributed by atoms with Crippen molar-refractivity contribution in [3.8, 4) is 0 Å². The molecule has 0 fully saturated rings. The van der Waals surface area contributed by atoms with Gasteiger partial charge < -0.3 is 4.57 Å². The fourth-order valence-corrected chi connectivity index (χ4v) is 2.66. The van der Waals surface area contributed by atoms with E-state index in [-0.39, 0.29) is 0 Å². The Hall–Kier alpha value is -2.16. The monoisotopic (exact) mass is 399 g/mol. The minimum atomic E-state index is 0.843. The molecule has 0 atom stereocenters. The Balaban J connectivity index is 0. The van der Waals surface area contributed by atoms with Gasteiger partial charge in [-0.3, -0.25) is 0 Å². The lowest BCUT2D eigenvalue weighted by Crippen LogP contribution is -1.96. The van der Waals surface area contributed by atoms with Crippen molar-refractivity contribution in [2.45, 2.75) is 89.5 Å². The first-order valence-electron chi connectivity index (χ1n) is 10.7. The van der Waals surface area contributed by atoms with Gasteiger partial charge in [0, 0.05) is 18.1 Å². The van der Waals surface area contributed by atoms with E-state index in [1.54, 1.807) is 0 Å². The first-order chi connectivity index (χ1) is 13.5. The summed E-state index contributed by atoms with van der Waals surface area (Å²) in [6.45, 7) is 28.6. The van der Waals surface area contributed by atoms with E-state index < -0.39 is 0 Å².